The molecule has 0 aliphatic rings. The van der Waals surface area contributed by atoms with Gasteiger partial charge in [0.1, 0.15) is 0 Å². The van der Waals surface area contributed by atoms with E-state index in [1.807, 2.05) is 6.92 Å². The molecule has 76 valence electrons. The van der Waals surface area contributed by atoms with E-state index in [1.54, 1.807) is 6.08 Å². The van der Waals surface area contributed by atoms with Crippen LogP contribution in [-0.2, 0) is 0 Å². The monoisotopic (exact) mass is 178 g/mol. The van der Waals surface area contributed by atoms with Crippen LogP contribution >= 0.6 is 0 Å². The summed E-state index contributed by atoms with van der Waals surface area (Å²) in [5.41, 5.74) is 0. The molecule has 0 unspecified atom stereocenters. The molecule has 0 bridgehead atoms. The molecule has 0 spiro atoms. The minimum atomic E-state index is -0.125. The van der Waals surface area contributed by atoms with Gasteiger partial charge in [0.05, 0.1) is 13.2 Å². The normalized spacial score (nSPS) is 7.08. The number of rotatable bonds is 3. The van der Waals surface area contributed by atoms with Gasteiger partial charge in [0.25, 0.3) is 0 Å². The third-order valence-corrected chi connectivity index (χ3v) is 0.612. The largest absolute Gasteiger partial charge is 0.396 e. The number of aliphatic hydroxyl groups is 3. The highest BCUT2D eigenvalue weighted by Crippen LogP contribution is 1.78. The van der Waals surface area contributed by atoms with Gasteiger partial charge in [-0.25, -0.2) is 0 Å². The molecular weight excluding hydrogens is 156 g/mol. The lowest BCUT2D eigenvalue weighted by molar-refractivity contribution is 0.186. The van der Waals surface area contributed by atoms with Crippen LogP contribution < -0.4 is 0 Å². The summed E-state index contributed by atoms with van der Waals surface area (Å²) in [6.45, 7) is 7.40. The molecule has 3 heteroatoms. The molecule has 0 aromatic rings. The highest BCUT2D eigenvalue weighted by molar-refractivity contribution is 4.51. The smallest absolute Gasteiger partial charge is 0.0662 e. The zero-order valence-electron chi connectivity index (χ0n) is 8.16. The Hall–Kier alpha value is -0.380. The van der Waals surface area contributed by atoms with Gasteiger partial charge in [-0.1, -0.05) is 19.4 Å². The molecule has 0 aromatic carbocycles. The molecule has 0 heterocycles. The molecule has 3 N–H and O–H groups in total. The summed E-state index contributed by atoms with van der Waals surface area (Å²) in [5, 5.41) is 23.3. The summed E-state index contributed by atoms with van der Waals surface area (Å²) in [7, 11) is 0. The highest BCUT2D eigenvalue weighted by atomic mass is 16.3. The zero-order valence-corrected chi connectivity index (χ0v) is 8.16. The van der Waals surface area contributed by atoms with Gasteiger partial charge in [-0.05, 0) is 13.3 Å². The predicted octanol–water partition coefficient (Wildman–Crippen LogP) is 0.942. The molecule has 0 saturated carbocycles. The summed E-state index contributed by atoms with van der Waals surface area (Å²) in [6.07, 6.45) is 3.79. The first kappa shape index (κ1) is 17.6. The van der Waals surface area contributed by atoms with Crippen LogP contribution in [0, 0.1) is 0 Å². The first-order valence-corrected chi connectivity index (χ1v) is 4.14. The summed E-state index contributed by atoms with van der Waals surface area (Å²) in [5.74, 6) is 0. The van der Waals surface area contributed by atoms with Gasteiger partial charge in [-0.2, -0.15) is 0 Å². The van der Waals surface area contributed by atoms with E-state index in [4.69, 9.17) is 15.3 Å². The second kappa shape index (κ2) is 31.1. The number of unbranched alkanes of at least 4 members (excludes halogenated alkanes) is 1. The maximum atomic E-state index is 8.07. The number of hydrogen-bond donors (Lipinski definition) is 3. The van der Waals surface area contributed by atoms with Crippen LogP contribution in [-0.4, -0.2) is 35.1 Å². The summed E-state index contributed by atoms with van der Waals surface area (Å²) in [6, 6.07) is 0. The van der Waals surface area contributed by atoms with Crippen LogP contribution in [0.5, 0.6) is 0 Å². The van der Waals surface area contributed by atoms with Crippen molar-refractivity contribution in [2.24, 2.45) is 0 Å². The van der Waals surface area contributed by atoms with E-state index < -0.39 is 0 Å². The number of allylic oxidation sites excluding steroid dienone is 1. The summed E-state index contributed by atoms with van der Waals surface area (Å²) >= 11 is 0. The highest BCUT2D eigenvalue weighted by Gasteiger charge is 1.69. The van der Waals surface area contributed by atoms with Crippen molar-refractivity contribution >= 4 is 0 Å². The van der Waals surface area contributed by atoms with Crippen molar-refractivity contribution in [3.63, 3.8) is 0 Å². The van der Waals surface area contributed by atoms with Crippen LogP contribution in [0.2, 0.25) is 0 Å². The summed E-state index contributed by atoms with van der Waals surface area (Å²) < 4.78 is 0. The van der Waals surface area contributed by atoms with Crippen molar-refractivity contribution in [1.82, 2.24) is 0 Å². The van der Waals surface area contributed by atoms with E-state index >= 15 is 0 Å². The Morgan fingerprint density at radius 1 is 1.08 bits per heavy atom. The van der Waals surface area contributed by atoms with E-state index in [1.165, 1.54) is 0 Å². The van der Waals surface area contributed by atoms with E-state index in [0.29, 0.717) is 6.61 Å². The van der Waals surface area contributed by atoms with Gasteiger partial charge >= 0.3 is 0 Å². The topological polar surface area (TPSA) is 60.7 Å². The molecule has 0 saturated heterocycles. The molecule has 0 aliphatic carbocycles. The lowest BCUT2D eigenvalue weighted by atomic mass is 10.4. The van der Waals surface area contributed by atoms with E-state index in [2.05, 4.69) is 13.5 Å². The maximum Gasteiger partial charge on any atom is 0.0662 e. The Balaban J connectivity index is -0.000000105. The zero-order chi connectivity index (χ0) is 10.2. The molecular formula is C9H22O3. The molecule has 0 radical (unpaired) electrons. The standard InChI is InChI=1S/C4H10O.C3H6.C2H6O2/c1-2-3-4-5;1-3-2;3-1-2-4/h5H,2-4H2,1H3;3H,1H2,2H3;3-4H,1-2H2. The summed E-state index contributed by atoms with van der Waals surface area (Å²) in [4.78, 5) is 0. The van der Waals surface area contributed by atoms with E-state index in [9.17, 15) is 0 Å². The predicted molar refractivity (Wildman–Crippen MR) is 52.0 cm³/mol. The quantitative estimate of drug-likeness (QED) is 0.564. The fraction of sp³-hybridized carbons (Fsp3) is 0.778. The first-order valence-electron chi connectivity index (χ1n) is 4.14. The van der Waals surface area contributed by atoms with Gasteiger partial charge < -0.3 is 15.3 Å². The molecule has 0 rings (SSSR count). The molecule has 0 aliphatic heterocycles. The van der Waals surface area contributed by atoms with Crippen LogP contribution in [0.3, 0.4) is 0 Å². The SMILES string of the molecule is C=CC.CCCCO.OCCO. The Bertz CT molecular complexity index is 51.7. The van der Waals surface area contributed by atoms with Crippen molar-refractivity contribution in [2.75, 3.05) is 19.8 Å². The average Bonchev–Trinajstić information content (AvgIpc) is 2.08. The van der Waals surface area contributed by atoms with Crippen LogP contribution in [0.1, 0.15) is 26.7 Å². The Labute approximate surface area is 75.4 Å². The molecule has 3 nitrogen and oxygen atoms in total. The third kappa shape index (κ3) is 104. The third-order valence-electron chi connectivity index (χ3n) is 0.612. The van der Waals surface area contributed by atoms with Gasteiger partial charge in [0.15, 0.2) is 0 Å². The molecule has 12 heavy (non-hydrogen) atoms. The first-order chi connectivity index (χ1) is 5.74. The molecule has 0 fully saturated rings. The lowest BCUT2D eigenvalue weighted by Crippen LogP contribution is -1.85. The van der Waals surface area contributed by atoms with E-state index in [0.717, 1.165) is 12.8 Å². The fourth-order valence-corrected chi connectivity index (χ4v) is 0.158. The Morgan fingerprint density at radius 3 is 1.42 bits per heavy atom. The second-order valence-electron chi connectivity index (χ2n) is 1.93. The van der Waals surface area contributed by atoms with E-state index in [-0.39, 0.29) is 13.2 Å². The average molecular weight is 178 g/mol. The lowest BCUT2D eigenvalue weighted by Gasteiger charge is -1.79. The van der Waals surface area contributed by atoms with Crippen molar-refractivity contribution < 1.29 is 15.3 Å². The number of aliphatic hydroxyl groups excluding tert-OH is 3. The minimum Gasteiger partial charge on any atom is -0.396 e. The maximum absolute atomic E-state index is 8.07. The van der Waals surface area contributed by atoms with Gasteiger partial charge in [0.2, 0.25) is 0 Å². The molecule has 0 aromatic heterocycles. The van der Waals surface area contributed by atoms with Gasteiger partial charge in [-0.15, -0.1) is 6.58 Å². The van der Waals surface area contributed by atoms with Crippen molar-refractivity contribution in [2.45, 2.75) is 26.7 Å². The van der Waals surface area contributed by atoms with Crippen molar-refractivity contribution in [3.05, 3.63) is 12.7 Å². The number of hydrogen-bond acceptors (Lipinski definition) is 3. The van der Waals surface area contributed by atoms with Crippen molar-refractivity contribution in [1.29, 1.82) is 0 Å². The van der Waals surface area contributed by atoms with Gasteiger partial charge in [0, 0.05) is 6.61 Å². The minimum absolute atomic E-state index is 0.125. The molecule has 0 atom stereocenters. The molecule has 0 amide bonds. The van der Waals surface area contributed by atoms with Crippen LogP contribution in [0.4, 0.5) is 0 Å². The second-order valence-corrected chi connectivity index (χ2v) is 1.93. The van der Waals surface area contributed by atoms with Crippen LogP contribution in [0.25, 0.3) is 0 Å². The Kier molecular flexibility index (Phi) is 45.7. The van der Waals surface area contributed by atoms with Crippen LogP contribution in [0.15, 0.2) is 12.7 Å². The Morgan fingerprint density at radius 2 is 1.42 bits per heavy atom. The van der Waals surface area contributed by atoms with Crippen molar-refractivity contribution in [3.8, 4) is 0 Å². The fourth-order valence-electron chi connectivity index (χ4n) is 0.158. The van der Waals surface area contributed by atoms with Gasteiger partial charge in [-0.3, -0.25) is 0 Å².